The summed E-state index contributed by atoms with van der Waals surface area (Å²) in [5, 5.41) is 10.1. The highest BCUT2D eigenvalue weighted by Gasteiger charge is 2.45. The van der Waals surface area contributed by atoms with Gasteiger partial charge in [-0.05, 0) is 37.0 Å². The number of hydrogen-bond acceptors (Lipinski definition) is 2. The smallest absolute Gasteiger partial charge is 0.314 e. The van der Waals surface area contributed by atoms with Crippen molar-refractivity contribution >= 4 is 17.6 Å². The van der Waals surface area contributed by atoms with E-state index in [1.165, 1.54) is 0 Å². The average Bonchev–Trinajstić information content (AvgIpc) is 2.80. The number of aliphatic carboxylic acids is 1. The maximum absolute atomic E-state index is 11.7. The number of halogens is 1. The molecule has 2 rings (SSSR count). The molecule has 1 N–H and O–H groups in total. The van der Waals surface area contributed by atoms with Crippen molar-refractivity contribution in [1.82, 2.24) is 0 Å². The molecule has 1 aliphatic rings. The number of carboxylic acid groups (broad SMARTS) is 1. The maximum Gasteiger partial charge on any atom is 0.314 e. The van der Waals surface area contributed by atoms with Gasteiger partial charge in [0.05, 0.1) is 17.5 Å². The molecule has 1 fully saturated rings. The molecular weight excluding hydrogens is 252 g/mol. The fourth-order valence-corrected chi connectivity index (χ4v) is 3.42. The van der Waals surface area contributed by atoms with Gasteiger partial charge in [-0.25, -0.2) is 0 Å². The number of carbonyl (C=O) groups is 1. The van der Waals surface area contributed by atoms with Crippen LogP contribution in [0.1, 0.15) is 36.8 Å². The molecule has 0 aliphatic heterocycles. The first kappa shape index (κ1) is 13.2. The molecule has 3 nitrogen and oxygen atoms in total. The van der Waals surface area contributed by atoms with Crippen LogP contribution in [-0.2, 0) is 10.2 Å². The lowest BCUT2D eigenvalue weighted by Gasteiger charge is -2.28. The zero-order valence-corrected chi connectivity index (χ0v) is 11.4. The van der Waals surface area contributed by atoms with Crippen molar-refractivity contribution in [2.24, 2.45) is 0 Å². The third kappa shape index (κ3) is 1.87. The van der Waals surface area contributed by atoms with Gasteiger partial charge in [0.1, 0.15) is 5.75 Å². The summed E-state index contributed by atoms with van der Waals surface area (Å²) in [6.45, 7) is 1.91. The zero-order chi connectivity index (χ0) is 13.3. The van der Waals surface area contributed by atoms with E-state index >= 15 is 0 Å². The van der Waals surface area contributed by atoms with E-state index in [1.54, 1.807) is 13.2 Å². The summed E-state index contributed by atoms with van der Waals surface area (Å²) < 4.78 is 5.20. The monoisotopic (exact) mass is 268 g/mol. The fraction of sp³-hybridized carbons (Fsp3) is 0.500. The molecule has 1 saturated carbocycles. The molecular formula is C14H17ClO3. The van der Waals surface area contributed by atoms with E-state index in [9.17, 15) is 9.90 Å². The predicted octanol–water partition coefficient (Wildman–Crippen LogP) is 3.55. The Balaban J connectivity index is 2.65. The number of benzene rings is 1. The van der Waals surface area contributed by atoms with Gasteiger partial charge in [-0.3, -0.25) is 4.79 Å². The summed E-state index contributed by atoms with van der Waals surface area (Å²) in [7, 11) is 1.54. The lowest BCUT2D eigenvalue weighted by atomic mass is 9.76. The molecule has 0 bridgehead atoms. The largest absolute Gasteiger partial charge is 0.495 e. The number of aryl methyl sites for hydroxylation is 1. The molecule has 0 saturated heterocycles. The highest BCUT2D eigenvalue weighted by atomic mass is 35.5. The normalized spacial score (nSPS) is 17.7. The number of ether oxygens (including phenoxy) is 1. The topological polar surface area (TPSA) is 46.5 Å². The van der Waals surface area contributed by atoms with Crippen LogP contribution in [0.4, 0.5) is 0 Å². The Bertz CT molecular complexity index is 476. The standard InChI is InChI=1S/C14H17ClO3/c1-9-5-6-10(18-2)12(15)11(9)14(13(16)17)7-3-4-8-14/h5-6H,3-4,7-8H2,1-2H3,(H,16,17). The first-order valence-electron chi connectivity index (χ1n) is 6.10. The maximum atomic E-state index is 11.7. The Morgan fingerprint density at radius 2 is 2.00 bits per heavy atom. The number of hydrogen-bond donors (Lipinski definition) is 1. The van der Waals surface area contributed by atoms with Crippen LogP contribution in [0.5, 0.6) is 5.75 Å². The van der Waals surface area contributed by atoms with E-state index in [2.05, 4.69) is 0 Å². The number of rotatable bonds is 3. The Morgan fingerprint density at radius 1 is 1.39 bits per heavy atom. The molecule has 18 heavy (non-hydrogen) atoms. The minimum absolute atomic E-state index is 0.446. The summed E-state index contributed by atoms with van der Waals surface area (Å²) >= 11 is 6.34. The number of carboxylic acids is 1. The molecule has 0 atom stereocenters. The van der Waals surface area contributed by atoms with Crippen LogP contribution in [0.15, 0.2) is 12.1 Å². The van der Waals surface area contributed by atoms with Crippen LogP contribution in [0, 0.1) is 6.92 Å². The van der Waals surface area contributed by atoms with Gasteiger partial charge in [0.25, 0.3) is 0 Å². The molecule has 4 heteroatoms. The highest BCUT2D eigenvalue weighted by molar-refractivity contribution is 6.33. The summed E-state index contributed by atoms with van der Waals surface area (Å²) in [5.41, 5.74) is 0.814. The van der Waals surface area contributed by atoms with Gasteiger partial charge < -0.3 is 9.84 Å². The number of methoxy groups -OCH3 is 1. The second-order valence-corrected chi connectivity index (χ2v) is 5.25. The Morgan fingerprint density at radius 3 is 2.50 bits per heavy atom. The van der Waals surface area contributed by atoms with E-state index in [1.807, 2.05) is 13.0 Å². The van der Waals surface area contributed by atoms with Crippen LogP contribution in [0.3, 0.4) is 0 Å². The minimum Gasteiger partial charge on any atom is -0.495 e. The van der Waals surface area contributed by atoms with Gasteiger partial charge in [0.2, 0.25) is 0 Å². The summed E-state index contributed by atoms with van der Waals surface area (Å²) in [6, 6.07) is 3.66. The van der Waals surface area contributed by atoms with Crippen molar-refractivity contribution in [3.8, 4) is 5.75 Å². The molecule has 98 valence electrons. The average molecular weight is 269 g/mol. The quantitative estimate of drug-likeness (QED) is 0.912. The second kappa shape index (κ2) is 4.81. The van der Waals surface area contributed by atoms with Crippen LogP contribution in [0.25, 0.3) is 0 Å². The summed E-state index contributed by atoms with van der Waals surface area (Å²) in [4.78, 5) is 11.7. The van der Waals surface area contributed by atoms with Gasteiger partial charge in [0.15, 0.2) is 0 Å². The van der Waals surface area contributed by atoms with Gasteiger partial charge >= 0.3 is 5.97 Å². The molecule has 0 radical (unpaired) electrons. The molecule has 0 unspecified atom stereocenters. The van der Waals surface area contributed by atoms with Gasteiger partial charge in [-0.1, -0.05) is 30.5 Å². The van der Waals surface area contributed by atoms with Gasteiger partial charge in [-0.2, -0.15) is 0 Å². The Hall–Kier alpha value is -1.22. The predicted molar refractivity (Wildman–Crippen MR) is 70.5 cm³/mol. The third-order valence-electron chi connectivity index (χ3n) is 3.88. The fourth-order valence-electron chi connectivity index (χ4n) is 2.95. The van der Waals surface area contributed by atoms with E-state index < -0.39 is 11.4 Å². The van der Waals surface area contributed by atoms with E-state index in [0.717, 1.165) is 24.0 Å². The first-order valence-corrected chi connectivity index (χ1v) is 6.47. The summed E-state index contributed by atoms with van der Waals surface area (Å²) in [6.07, 6.45) is 3.16. The first-order chi connectivity index (χ1) is 8.53. The van der Waals surface area contributed by atoms with Crippen LogP contribution in [0.2, 0.25) is 5.02 Å². The van der Waals surface area contributed by atoms with E-state index in [4.69, 9.17) is 16.3 Å². The highest BCUT2D eigenvalue weighted by Crippen LogP contribution is 2.47. The van der Waals surface area contributed by atoms with Crippen molar-refractivity contribution in [1.29, 1.82) is 0 Å². The Labute approximate surface area is 112 Å². The molecule has 0 heterocycles. The molecule has 1 aliphatic carbocycles. The van der Waals surface area contributed by atoms with Crippen molar-refractivity contribution in [3.05, 3.63) is 28.3 Å². The van der Waals surface area contributed by atoms with E-state index in [0.29, 0.717) is 23.6 Å². The molecule has 1 aromatic rings. The van der Waals surface area contributed by atoms with E-state index in [-0.39, 0.29) is 0 Å². The van der Waals surface area contributed by atoms with Gasteiger partial charge in [-0.15, -0.1) is 0 Å². The van der Waals surface area contributed by atoms with Crippen LogP contribution in [-0.4, -0.2) is 18.2 Å². The second-order valence-electron chi connectivity index (χ2n) is 4.87. The van der Waals surface area contributed by atoms with Crippen molar-refractivity contribution < 1.29 is 14.6 Å². The molecule has 0 spiro atoms. The SMILES string of the molecule is COc1ccc(C)c(C2(C(=O)O)CCCC2)c1Cl. The lowest BCUT2D eigenvalue weighted by Crippen LogP contribution is -2.33. The molecule has 0 amide bonds. The lowest BCUT2D eigenvalue weighted by molar-refractivity contribution is -0.143. The van der Waals surface area contributed by atoms with Crippen molar-refractivity contribution in [2.75, 3.05) is 7.11 Å². The van der Waals surface area contributed by atoms with Crippen molar-refractivity contribution in [3.63, 3.8) is 0 Å². The molecule has 1 aromatic carbocycles. The third-order valence-corrected chi connectivity index (χ3v) is 4.26. The Kier molecular flexibility index (Phi) is 3.53. The van der Waals surface area contributed by atoms with Crippen LogP contribution < -0.4 is 4.74 Å². The van der Waals surface area contributed by atoms with Gasteiger partial charge in [0, 0.05) is 0 Å². The minimum atomic E-state index is -0.838. The summed E-state index contributed by atoms with van der Waals surface area (Å²) in [5.74, 6) is -0.233. The zero-order valence-electron chi connectivity index (χ0n) is 10.6. The van der Waals surface area contributed by atoms with Crippen LogP contribution >= 0.6 is 11.6 Å². The van der Waals surface area contributed by atoms with Crippen molar-refractivity contribution in [2.45, 2.75) is 38.0 Å². The molecule has 0 aromatic heterocycles.